The summed E-state index contributed by atoms with van der Waals surface area (Å²) in [6.07, 6.45) is 4.29. The molecule has 5 nitrogen and oxygen atoms in total. The summed E-state index contributed by atoms with van der Waals surface area (Å²) in [6.45, 7) is 2.19. The van der Waals surface area contributed by atoms with Gasteiger partial charge < -0.3 is 10.2 Å². The molecule has 0 aliphatic heterocycles. The molecule has 1 heterocycles. The molecule has 1 amide bonds. The summed E-state index contributed by atoms with van der Waals surface area (Å²) in [5, 5.41) is 7.24. The zero-order valence-corrected chi connectivity index (χ0v) is 15.0. The summed E-state index contributed by atoms with van der Waals surface area (Å²) < 4.78 is 1.79. The van der Waals surface area contributed by atoms with Crippen molar-refractivity contribution in [1.82, 2.24) is 15.1 Å². The van der Waals surface area contributed by atoms with E-state index in [4.69, 9.17) is 0 Å². The van der Waals surface area contributed by atoms with E-state index in [9.17, 15) is 4.79 Å². The molecular formula is C21H24N4O. The predicted molar refractivity (Wildman–Crippen MR) is 104 cm³/mol. The Morgan fingerprint density at radius 2 is 1.77 bits per heavy atom. The third kappa shape index (κ3) is 4.96. The van der Waals surface area contributed by atoms with Gasteiger partial charge in [-0.05, 0) is 24.1 Å². The van der Waals surface area contributed by atoms with Crippen LogP contribution in [0.15, 0.2) is 73.1 Å². The van der Waals surface area contributed by atoms with Crippen LogP contribution in [0.4, 0.5) is 5.69 Å². The van der Waals surface area contributed by atoms with Crippen LogP contribution in [0.1, 0.15) is 22.3 Å². The van der Waals surface area contributed by atoms with Crippen LogP contribution >= 0.6 is 0 Å². The molecule has 3 aromatic rings. The van der Waals surface area contributed by atoms with E-state index in [1.54, 1.807) is 17.1 Å². The second kappa shape index (κ2) is 8.85. The van der Waals surface area contributed by atoms with Crippen LogP contribution in [-0.4, -0.2) is 35.8 Å². The van der Waals surface area contributed by atoms with E-state index in [0.29, 0.717) is 18.7 Å². The van der Waals surface area contributed by atoms with Gasteiger partial charge in [-0.2, -0.15) is 5.10 Å². The number of nitrogens with one attached hydrogen (secondary N) is 1. The van der Waals surface area contributed by atoms with Gasteiger partial charge in [-0.3, -0.25) is 9.48 Å². The van der Waals surface area contributed by atoms with Gasteiger partial charge in [0.2, 0.25) is 0 Å². The van der Waals surface area contributed by atoms with E-state index < -0.39 is 0 Å². The number of hydrogen-bond donors (Lipinski definition) is 1. The second-order valence-corrected chi connectivity index (χ2v) is 6.28. The number of aromatic nitrogens is 2. The molecule has 0 spiro atoms. The first-order chi connectivity index (χ1) is 12.7. The molecule has 0 unspecified atom stereocenters. The Bertz CT molecular complexity index is 814. The molecule has 5 heteroatoms. The van der Waals surface area contributed by atoms with Crippen molar-refractivity contribution in [2.45, 2.75) is 13.0 Å². The summed E-state index contributed by atoms with van der Waals surface area (Å²) >= 11 is 0. The van der Waals surface area contributed by atoms with Crippen molar-refractivity contribution in [2.75, 3.05) is 25.0 Å². The average molecular weight is 348 g/mol. The molecule has 0 aliphatic carbocycles. The lowest BCUT2D eigenvalue weighted by molar-refractivity contribution is 0.0953. The Labute approximate surface area is 154 Å². The highest BCUT2D eigenvalue weighted by atomic mass is 16.1. The molecule has 0 bridgehead atoms. The number of benzene rings is 2. The summed E-state index contributed by atoms with van der Waals surface area (Å²) in [5.74, 6) is -0.0772. The third-order valence-corrected chi connectivity index (χ3v) is 4.24. The van der Waals surface area contributed by atoms with Crippen molar-refractivity contribution >= 4 is 11.6 Å². The molecule has 2 aromatic carbocycles. The Kier molecular flexibility index (Phi) is 6.04. The smallest absolute Gasteiger partial charge is 0.254 e. The average Bonchev–Trinajstić information content (AvgIpc) is 3.15. The number of carbonyl (C=O) groups excluding carboxylic acids is 1. The Balaban J connectivity index is 1.42. The van der Waals surface area contributed by atoms with Gasteiger partial charge in [0.25, 0.3) is 5.91 Å². The van der Waals surface area contributed by atoms with Gasteiger partial charge in [0, 0.05) is 32.0 Å². The van der Waals surface area contributed by atoms with Crippen molar-refractivity contribution in [3.05, 3.63) is 84.2 Å². The molecule has 0 aliphatic rings. The minimum absolute atomic E-state index is 0.0772. The predicted octanol–water partition coefficient (Wildman–Crippen LogP) is 3.19. The van der Waals surface area contributed by atoms with Gasteiger partial charge in [-0.1, -0.05) is 48.5 Å². The molecule has 0 atom stereocenters. The van der Waals surface area contributed by atoms with Gasteiger partial charge in [-0.25, -0.2) is 0 Å². The van der Waals surface area contributed by atoms with E-state index >= 15 is 0 Å². The number of carbonyl (C=O) groups is 1. The van der Waals surface area contributed by atoms with Crippen molar-refractivity contribution in [1.29, 1.82) is 0 Å². The maximum atomic E-state index is 12.2. The zero-order valence-electron chi connectivity index (χ0n) is 15.0. The molecule has 1 N–H and O–H groups in total. The lowest BCUT2D eigenvalue weighted by atomic mass is 10.2. The Morgan fingerprint density at radius 1 is 1.08 bits per heavy atom. The highest BCUT2D eigenvalue weighted by Gasteiger charge is 2.08. The highest BCUT2D eigenvalue weighted by Crippen LogP contribution is 2.10. The van der Waals surface area contributed by atoms with Crippen molar-refractivity contribution in [2.24, 2.45) is 0 Å². The fourth-order valence-corrected chi connectivity index (χ4v) is 2.77. The molecule has 0 saturated heterocycles. The Morgan fingerprint density at radius 3 is 2.50 bits per heavy atom. The van der Waals surface area contributed by atoms with E-state index in [1.807, 2.05) is 48.5 Å². The van der Waals surface area contributed by atoms with E-state index in [2.05, 4.69) is 34.5 Å². The molecular weight excluding hydrogens is 324 g/mol. The Hall–Kier alpha value is -3.08. The molecule has 134 valence electrons. The van der Waals surface area contributed by atoms with Crippen LogP contribution in [0.25, 0.3) is 0 Å². The monoisotopic (exact) mass is 348 g/mol. The van der Waals surface area contributed by atoms with Gasteiger partial charge in [0.05, 0.1) is 18.3 Å². The van der Waals surface area contributed by atoms with Crippen LogP contribution in [0.2, 0.25) is 0 Å². The van der Waals surface area contributed by atoms with Gasteiger partial charge >= 0.3 is 0 Å². The number of nitrogens with zero attached hydrogens (tertiary/aromatic N) is 3. The lowest BCUT2D eigenvalue weighted by Gasteiger charge is -2.19. The topological polar surface area (TPSA) is 50.2 Å². The maximum absolute atomic E-state index is 12.2. The SMILES string of the molecule is CN(CCCNC(=O)c1cnn(Cc2ccccc2)c1)c1ccccc1. The van der Waals surface area contributed by atoms with Crippen molar-refractivity contribution in [3.63, 3.8) is 0 Å². The minimum atomic E-state index is -0.0772. The van der Waals surface area contributed by atoms with Crippen LogP contribution in [0.3, 0.4) is 0 Å². The fraction of sp³-hybridized carbons (Fsp3) is 0.238. The highest BCUT2D eigenvalue weighted by molar-refractivity contribution is 5.93. The van der Waals surface area contributed by atoms with Crippen LogP contribution in [0, 0.1) is 0 Å². The number of hydrogen-bond acceptors (Lipinski definition) is 3. The number of rotatable bonds is 8. The standard InChI is InChI=1S/C21H24N4O/c1-24(20-11-6-3-7-12-20)14-8-13-22-21(26)19-15-23-25(17-19)16-18-9-4-2-5-10-18/h2-7,9-12,15,17H,8,13-14,16H2,1H3,(H,22,26). The summed E-state index contributed by atoms with van der Waals surface area (Å²) in [6, 6.07) is 20.3. The zero-order chi connectivity index (χ0) is 18.2. The first-order valence-electron chi connectivity index (χ1n) is 8.83. The first-order valence-corrected chi connectivity index (χ1v) is 8.83. The summed E-state index contributed by atoms with van der Waals surface area (Å²) in [4.78, 5) is 14.4. The first kappa shape index (κ1) is 17.7. The third-order valence-electron chi connectivity index (χ3n) is 4.24. The summed E-state index contributed by atoms with van der Waals surface area (Å²) in [7, 11) is 2.06. The van der Waals surface area contributed by atoms with Crippen molar-refractivity contribution < 1.29 is 4.79 Å². The van der Waals surface area contributed by atoms with Gasteiger partial charge in [-0.15, -0.1) is 0 Å². The molecule has 0 saturated carbocycles. The van der Waals surface area contributed by atoms with Crippen molar-refractivity contribution in [3.8, 4) is 0 Å². The number of amides is 1. The van der Waals surface area contributed by atoms with Crippen LogP contribution < -0.4 is 10.2 Å². The molecule has 1 aromatic heterocycles. The van der Waals surface area contributed by atoms with E-state index in [0.717, 1.165) is 18.5 Å². The molecule has 0 radical (unpaired) electrons. The quantitative estimate of drug-likeness (QED) is 0.636. The van der Waals surface area contributed by atoms with E-state index in [-0.39, 0.29) is 5.91 Å². The fourth-order valence-electron chi connectivity index (χ4n) is 2.77. The number of para-hydroxylation sites is 1. The second-order valence-electron chi connectivity index (χ2n) is 6.28. The molecule has 0 fully saturated rings. The van der Waals surface area contributed by atoms with Gasteiger partial charge in [0.1, 0.15) is 0 Å². The normalized spacial score (nSPS) is 10.5. The minimum Gasteiger partial charge on any atom is -0.375 e. The van der Waals surface area contributed by atoms with Gasteiger partial charge in [0.15, 0.2) is 0 Å². The van der Waals surface area contributed by atoms with E-state index in [1.165, 1.54) is 5.69 Å². The van der Waals surface area contributed by atoms with Crippen LogP contribution in [-0.2, 0) is 6.54 Å². The maximum Gasteiger partial charge on any atom is 0.254 e. The number of anilines is 1. The lowest BCUT2D eigenvalue weighted by Crippen LogP contribution is -2.28. The molecule has 26 heavy (non-hydrogen) atoms. The molecule has 3 rings (SSSR count). The van der Waals surface area contributed by atoms with Crippen LogP contribution in [0.5, 0.6) is 0 Å². The largest absolute Gasteiger partial charge is 0.375 e. The summed E-state index contributed by atoms with van der Waals surface area (Å²) in [5.41, 5.74) is 2.94.